The molecule has 2 amide bonds. The molecule has 28 heavy (non-hydrogen) atoms. The maximum atomic E-state index is 12.1. The molecular weight excluding hydrogens is 366 g/mol. The summed E-state index contributed by atoms with van der Waals surface area (Å²) in [5, 5.41) is 21.6. The van der Waals surface area contributed by atoms with Crippen LogP contribution in [0.5, 0.6) is 0 Å². The van der Waals surface area contributed by atoms with E-state index in [4.69, 9.17) is 4.74 Å². The number of rotatable bonds is 7. The summed E-state index contributed by atoms with van der Waals surface area (Å²) in [5.41, 5.74) is 1.74. The van der Waals surface area contributed by atoms with Crippen molar-refractivity contribution in [3.05, 3.63) is 60.2 Å². The van der Waals surface area contributed by atoms with Gasteiger partial charge in [0.2, 0.25) is 12.1 Å². The Labute approximate surface area is 159 Å². The molecule has 2 aromatic carbocycles. The van der Waals surface area contributed by atoms with Gasteiger partial charge in [-0.15, -0.1) is 5.10 Å². The smallest absolute Gasteiger partial charge is 0.407 e. The van der Waals surface area contributed by atoms with Gasteiger partial charge in [0.15, 0.2) is 0 Å². The average molecular weight is 383 g/mol. The van der Waals surface area contributed by atoms with Gasteiger partial charge in [0.1, 0.15) is 18.7 Å². The van der Waals surface area contributed by atoms with Crippen LogP contribution >= 0.6 is 0 Å². The largest absolute Gasteiger partial charge is 0.478 e. The van der Waals surface area contributed by atoms with Crippen molar-refractivity contribution in [3.63, 3.8) is 0 Å². The second-order valence-corrected chi connectivity index (χ2v) is 5.75. The molecule has 0 saturated heterocycles. The summed E-state index contributed by atoms with van der Waals surface area (Å²) in [6, 6.07) is 15.8. The van der Waals surface area contributed by atoms with E-state index in [1.54, 1.807) is 36.4 Å². The highest BCUT2D eigenvalue weighted by Crippen LogP contribution is 2.14. The first-order chi connectivity index (χ1) is 13.5. The molecule has 0 aliphatic carbocycles. The molecule has 0 aliphatic rings. The van der Waals surface area contributed by atoms with Crippen LogP contribution in [-0.4, -0.2) is 44.6 Å². The number of nitrogens with zero attached hydrogens (tertiary/aromatic N) is 3. The predicted molar refractivity (Wildman–Crippen MR) is 97.0 cm³/mol. The Kier molecular flexibility index (Phi) is 5.80. The highest BCUT2D eigenvalue weighted by molar-refractivity contribution is 5.86. The number of carboxylic acids is 1. The van der Waals surface area contributed by atoms with Gasteiger partial charge in [0, 0.05) is 0 Å². The van der Waals surface area contributed by atoms with Gasteiger partial charge in [0.05, 0.1) is 5.52 Å². The Balaban J connectivity index is 1.55. The van der Waals surface area contributed by atoms with Crippen LogP contribution in [0.25, 0.3) is 11.0 Å². The highest BCUT2D eigenvalue weighted by Gasteiger charge is 2.25. The van der Waals surface area contributed by atoms with Crippen LogP contribution in [-0.2, 0) is 20.9 Å². The van der Waals surface area contributed by atoms with Crippen molar-refractivity contribution >= 4 is 29.0 Å². The van der Waals surface area contributed by atoms with Gasteiger partial charge in [-0.2, -0.15) is 0 Å². The zero-order valence-electron chi connectivity index (χ0n) is 14.6. The first-order valence-electron chi connectivity index (χ1n) is 8.31. The third-order valence-electron chi connectivity index (χ3n) is 3.76. The number of aromatic nitrogens is 3. The number of alkyl carbamates (subject to hydrolysis) is 1. The van der Waals surface area contributed by atoms with Crippen LogP contribution in [0.3, 0.4) is 0 Å². The van der Waals surface area contributed by atoms with E-state index in [1.165, 1.54) is 0 Å². The highest BCUT2D eigenvalue weighted by atomic mass is 16.5. The van der Waals surface area contributed by atoms with Crippen molar-refractivity contribution < 1.29 is 24.2 Å². The number of carbonyl (C=O) groups is 3. The van der Waals surface area contributed by atoms with Crippen LogP contribution in [0, 0.1) is 0 Å². The molecule has 3 aromatic rings. The maximum Gasteiger partial charge on any atom is 0.407 e. The normalized spacial score (nSPS) is 11.6. The lowest BCUT2D eigenvalue weighted by molar-refractivity contribution is -0.144. The number of aliphatic carboxylic acids is 1. The van der Waals surface area contributed by atoms with Gasteiger partial charge < -0.3 is 20.5 Å². The van der Waals surface area contributed by atoms with Crippen LogP contribution < -0.4 is 10.6 Å². The molecule has 144 valence electrons. The van der Waals surface area contributed by atoms with E-state index in [2.05, 4.69) is 20.9 Å². The zero-order valence-corrected chi connectivity index (χ0v) is 14.6. The molecule has 0 aliphatic heterocycles. The van der Waals surface area contributed by atoms with Crippen molar-refractivity contribution in [2.75, 3.05) is 6.54 Å². The number of carboxylic acid groups (broad SMARTS) is 1. The molecule has 1 heterocycles. The summed E-state index contributed by atoms with van der Waals surface area (Å²) in [5.74, 6) is -2.04. The minimum atomic E-state index is -1.47. The quantitative estimate of drug-likeness (QED) is 0.555. The topological polar surface area (TPSA) is 135 Å². The Morgan fingerprint density at radius 3 is 2.54 bits per heavy atom. The molecule has 10 heteroatoms. The van der Waals surface area contributed by atoms with Gasteiger partial charge in [-0.25, -0.2) is 14.3 Å². The molecular formula is C18H17N5O5. The van der Waals surface area contributed by atoms with E-state index >= 15 is 0 Å². The number of amides is 2. The van der Waals surface area contributed by atoms with E-state index in [0.29, 0.717) is 11.0 Å². The molecule has 0 spiro atoms. The molecule has 1 aromatic heterocycles. The van der Waals surface area contributed by atoms with Crippen LogP contribution in [0.1, 0.15) is 11.7 Å². The SMILES string of the molecule is O=C(CNC(=O)OCc1ccccc1)NC(C(=O)O)n1nnc2ccccc21. The van der Waals surface area contributed by atoms with Crippen molar-refractivity contribution in [2.24, 2.45) is 0 Å². The number of ether oxygens (including phenoxy) is 1. The molecule has 0 fully saturated rings. The lowest BCUT2D eigenvalue weighted by Gasteiger charge is -2.15. The van der Waals surface area contributed by atoms with Crippen molar-refractivity contribution in [2.45, 2.75) is 12.8 Å². The van der Waals surface area contributed by atoms with Gasteiger partial charge in [0.25, 0.3) is 0 Å². The fourth-order valence-electron chi connectivity index (χ4n) is 2.44. The van der Waals surface area contributed by atoms with E-state index in [0.717, 1.165) is 10.2 Å². The third kappa shape index (κ3) is 4.61. The second kappa shape index (κ2) is 8.62. The fourth-order valence-corrected chi connectivity index (χ4v) is 2.44. The van der Waals surface area contributed by atoms with Crippen LogP contribution in [0.4, 0.5) is 4.79 Å². The summed E-state index contributed by atoms with van der Waals surface area (Å²) >= 11 is 0. The number of hydrogen-bond acceptors (Lipinski definition) is 6. The second-order valence-electron chi connectivity index (χ2n) is 5.75. The number of nitrogens with one attached hydrogen (secondary N) is 2. The van der Waals surface area contributed by atoms with E-state index in [1.807, 2.05) is 18.2 Å². The predicted octanol–water partition coefficient (Wildman–Crippen LogP) is 1.06. The fraction of sp³-hybridized carbons (Fsp3) is 0.167. The lowest BCUT2D eigenvalue weighted by atomic mass is 10.2. The number of para-hydroxylation sites is 1. The van der Waals surface area contributed by atoms with E-state index in [-0.39, 0.29) is 6.61 Å². The first-order valence-corrected chi connectivity index (χ1v) is 8.31. The number of benzene rings is 2. The first kappa shape index (κ1) is 18.8. The number of hydrogen-bond donors (Lipinski definition) is 3. The summed E-state index contributed by atoms with van der Waals surface area (Å²) in [6.45, 7) is -0.402. The summed E-state index contributed by atoms with van der Waals surface area (Å²) in [7, 11) is 0. The Morgan fingerprint density at radius 2 is 1.79 bits per heavy atom. The Morgan fingerprint density at radius 1 is 1.07 bits per heavy atom. The van der Waals surface area contributed by atoms with Crippen LogP contribution in [0.15, 0.2) is 54.6 Å². The number of carbonyl (C=O) groups excluding carboxylic acids is 2. The molecule has 0 radical (unpaired) electrons. The van der Waals surface area contributed by atoms with Crippen molar-refractivity contribution in [1.29, 1.82) is 0 Å². The summed E-state index contributed by atoms with van der Waals surface area (Å²) < 4.78 is 6.07. The Bertz CT molecular complexity index is 988. The average Bonchev–Trinajstić information content (AvgIpc) is 3.13. The van der Waals surface area contributed by atoms with Gasteiger partial charge in [-0.3, -0.25) is 4.79 Å². The monoisotopic (exact) mass is 383 g/mol. The summed E-state index contributed by atoms with van der Waals surface area (Å²) in [6.07, 6.45) is -2.26. The van der Waals surface area contributed by atoms with Crippen molar-refractivity contribution in [1.82, 2.24) is 25.6 Å². The Hall–Kier alpha value is -3.95. The molecule has 3 N–H and O–H groups in total. The van der Waals surface area contributed by atoms with Crippen LogP contribution in [0.2, 0.25) is 0 Å². The molecule has 1 atom stereocenters. The zero-order chi connectivity index (χ0) is 19.9. The van der Waals surface area contributed by atoms with Gasteiger partial charge >= 0.3 is 12.1 Å². The molecule has 10 nitrogen and oxygen atoms in total. The van der Waals surface area contributed by atoms with E-state index in [9.17, 15) is 19.5 Å². The molecule has 0 saturated carbocycles. The summed E-state index contributed by atoms with van der Waals surface area (Å²) in [4.78, 5) is 35.3. The lowest BCUT2D eigenvalue weighted by Crippen LogP contribution is -2.43. The third-order valence-corrected chi connectivity index (χ3v) is 3.76. The standard InChI is InChI=1S/C18H17N5O5/c24-15(10-19-18(27)28-11-12-6-2-1-3-7-12)20-16(17(25)26)23-14-9-5-4-8-13(14)21-22-23/h1-9,16H,10-11H2,(H,19,27)(H,20,24)(H,25,26). The maximum absolute atomic E-state index is 12.1. The molecule has 3 rings (SSSR count). The molecule has 1 unspecified atom stereocenters. The van der Waals surface area contributed by atoms with Crippen molar-refractivity contribution in [3.8, 4) is 0 Å². The van der Waals surface area contributed by atoms with E-state index < -0.39 is 30.7 Å². The van der Waals surface area contributed by atoms with Gasteiger partial charge in [-0.1, -0.05) is 47.7 Å². The number of fused-ring (bicyclic) bond motifs is 1. The molecule has 0 bridgehead atoms. The minimum absolute atomic E-state index is 0.0526. The van der Waals surface area contributed by atoms with Gasteiger partial charge in [-0.05, 0) is 17.7 Å². The minimum Gasteiger partial charge on any atom is -0.478 e.